The van der Waals surface area contributed by atoms with Crippen molar-refractivity contribution in [2.45, 2.75) is 0 Å². The molecule has 0 spiro atoms. The van der Waals surface area contributed by atoms with E-state index in [1.54, 1.807) is 0 Å². The lowest BCUT2D eigenvalue weighted by Crippen LogP contribution is -2.26. The first kappa shape index (κ1) is 32.0. The van der Waals surface area contributed by atoms with Crippen molar-refractivity contribution < 1.29 is 39.6 Å². The second-order valence-corrected chi connectivity index (χ2v) is 6.74. The summed E-state index contributed by atoms with van der Waals surface area (Å²) >= 11 is 11.0. The molecule has 12 N–H and O–H groups in total. The Balaban J connectivity index is -0.000000173. The molecule has 0 fully saturated rings. The van der Waals surface area contributed by atoms with E-state index in [-0.39, 0.29) is 45.5 Å². The van der Waals surface area contributed by atoms with E-state index in [4.69, 9.17) is 20.4 Å². The van der Waals surface area contributed by atoms with Crippen LogP contribution in [0, 0.1) is 0 Å². The van der Waals surface area contributed by atoms with Crippen LogP contribution in [0.15, 0.2) is 0 Å². The average molecular weight is 453 g/mol. The Bertz CT molecular complexity index is 421. The van der Waals surface area contributed by atoms with Crippen molar-refractivity contribution in [3.8, 4) is 0 Å². The van der Waals surface area contributed by atoms with Gasteiger partial charge in [-0.15, -0.1) is 0 Å². The smallest absolute Gasteiger partial charge is 0.322 e. The van der Waals surface area contributed by atoms with Crippen LogP contribution < -0.4 is 22.9 Å². The fourth-order valence-electron chi connectivity index (χ4n) is 0.652. The second-order valence-electron chi connectivity index (χ2n) is 3.43. The monoisotopic (exact) mass is 452 g/mol. The number of carbonyl (C=O) groups is 4. The van der Waals surface area contributed by atoms with Crippen molar-refractivity contribution >= 4 is 80.5 Å². The molecule has 26 heavy (non-hydrogen) atoms. The first-order chi connectivity index (χ1) is 11.0. The minimum Gasteiger partial charge on any atom is -0.481 e. The van der Waals surface area contributed by atoms with Crippen molar-refractivity contribution in [2.24, 2.45) is 0 Å². The number of thioether (sulfide) groups is 2. The Labute approximate surface area is 167 Å². The molecule has 0 saturated heterocycles. The highest BCUT2D eigenvalue weighted by atomic mass is 32.2. The van der Waals surface area contributed by atoms with E-state index in [1.165, 1.54) is 0 Å². The number of rotatable bonds is 8. The molecule has 0 aliphatic rings. The van der Waals surface area contributed by atoms with Crippen LogP contribution in [0.5, 0.6) is 0 Å². The molecule has 0 saturated carbocycles. The van der Waals surface area contributed by atoms with Crippen LogP contribution in [0.2, 0.25) is 0 Å². The first-order valence-electron chi connectivity index (χ1n) is 5.73. The largest absolute Gasteiger partial charge is 0.481 e. The maximum absolute atomic E-state index is 10.0. The third kappa shape index (κ3) is 30.2. The van der Waals surface area contributed by atoms with E-state index in [0.29, 0.717) is 0 Å². The molecule has 0 aliphatic carbocycles. The van der Waals surface area contributed by atoms with Crippen LogP contribution in [0.25, 0.3) is 0 Å². The van der Waals surface area contributed by atoms with Crippen LogP contribution in [-0.4, -0.2) is 77.5 Å². The Morgan fingerprint density at radius 3 is 1.12 bits per heavy atom. The molecule has 0 aliphatic heterocycles. The van der Waals surface area contributed by atoms with Gasteiger partial charge in [0.1, 0.15) is 21.7 Å². The van der Waals surface area contributed by atoms with Crippen molar-refractivity contribution in [1.82, 2.24) is 22.9 Å². The van der Waals surface area contributed by atoms with Gasteiger partial charge < -0.3 is 43.4 Å². The van der Waals surface area contributed by atoms with E-state index in [2.05, 4.69) is 35.1 Å². The fraction of sp³-hybridized carbons (Fsp3) is 0.400. The summed E-state index contributed by atoms with van der Waals surface area (Å²) in [5, 5.41) is 37.6. The lowest BCUT2D eigenvalue weighted by molar-refractivity contribution is -0.136. The van der Waals surface area contributed by atoms with E-state index in [0.717, 1.165) is 23.5 Å². The SMILES string of the molecule is N.N.O=C(O)CNC(=S)SCC(=O)O.O=C(O)CNC(=S)SCC(=O)O. The Kier molecular flexibility index (Phi) is 24.1. The summed E-state index contributed by atoms with van der Waals surface area (Å²) in [6, 6.07) is 0. The van der Waals surface area contributed by atoms with Crippen molar-refractivity contribution in [3.05, 3.63) is 0 Å². The maximum Gasteiger partial charge on any atom is 0.322 e. The van der Waals surface area contributed by atoms with Gasteiger partial charge in [0, 0.05) is 0 Å². The standard InChI is InChI=1S/2C5H7NO4S2.2H3N/c2*7-3(8)1-6-5(11)12-2-4(9)10;;/h2*1-2H2,(H,6,11)(H,7,8)(H,9,10);2*1H3. The van der Waals surface area contributed by atoms with Crippen LogP contribution in [-0.2, 0) is 19.2 Å². The Hall–Kier alpha value is -1.72. The average Bonchev–Trinajstić information content (AvgIpc) is 2.47. The summed E-state index contributed by atoms with van der Waals surface area (Å²) in [7, 11) is 0. The highest BCUT2D eigenvalue weighted by molar-refractivity contribution is 8.23. The molecule has 0 rings (SSSR count). The van der Waals surface area contributed by atoms with Gasteiger partial charge in [-0.1, -0.05) is 48.0 Å². The van der Waals surface area contributed by atoms with Gasteiger partial charge in [-0.2, -0.15) is 0 Å². The summed E-state index contributed by atoms with van der Waals surface area (Å²) < 4.78 is 0.361. The zero-order valence-corrected chi connectivity index (χ0v) is 16.6. The number of carboxylic acid groups (broad SMARTS) is 4. The highest BCUT2D eigenvalue weighted by Gasteiger charge is 2.04. The minimum absolute atomic E-state index is 0. The maximum atomic E-state index is 10.0. The molecule has 0 atom stereocenters. The number of thiocarbonyl (C=S) groups is 2. The van der Waals surface area contributed by atoms with Crippen LogP contribution >= 0.6 is 48.0 Å². The molecule has 0 aromatic heterocycles. The van der Waals surface area contributed by atoms with E-state index in [1.807, 2.05) is 0 Å². The number of carboxylic acids is 4. The molecule has 0 unspecified atom stereocenters. The van der Waals surface area contributed by atoms with Gasteiger partial charge in [0.25, 0.3) is 0 Å². The summed E-state index contributed by atoms with van der Waals surface area (Å²) in [6.45, 7) is -0.573. The van der Waals surface area contributed by atoms with Crippen molar-refractivity contribution in [1.29, 1.82) is 0 Å². The zero-order chi connectivity index (χ0) is 19.1. The zero-order valence-electron chi connectivity index (χ0n) is 13.3. The van der Waals surface area contributed by atoms with Crippen molar-refractivity contribution in [3.63, 3.8) is 0 Å². The van der Waals surface area contributed by atoms with Gasteiger partial charge >= 0.3 is 23.9 Å². The van der Waals surface area contributed by atoms with Crippen LogP contribution in [0.1, 0.15) is 0 Å². The number of hydrogen-bond acceptors (Lipinski definition) is 10. The number of aliphatic carboxylic acids is 4. The minimum atomic E-state index is -1.03. The van der Waals surface area contributed by atoms with Crippen molar-refractivity contribution in [2.75, 3.05) is 24.6 Å². The lowest BCUT2D eigenvalue weighted by atomic mass is 10.7. The van der Waals surface area contributed by atoms with Gasteiger partial charge in [-0.3, -0.25) is 19.2 Å². The van der Waals surface area contributed by atoms with E-state index >= 15 is 0 Å². The second kappa shape index (κ2) is 19.6. The predicted octanol–water partition coefficient (Wildman–Crippen LogP) is -0.149. The van der Waals surface area contributed by atoms with Gasteiger partial charge in [0.15, 0.2) is 0 Å². The highest BCUT2D eigenvalue weighted by Crippen LogP contribution is 2.00. The molecule has 0 radical (unpaired) electrons. The molecular weight excluding hydrogens is 432 g/mol. The molecular formula is C10H20N4O8S4. The molecule has 0 aromatic rings. The molecule has 0 heterocycles. The van der Waals surface area contributed by atoms with E-state index < -0.39 is 23.9 Å². The first-order valence-corrected chi connectivity index (χ1v) is 8.51. The molecule has 12 nitrogen and oxygen atoms in total. The molecule has 0 amide bonds. The van der Waals surface area contributed by atoms with Gasteiger partial charge in [0.2, 0.25) is 0 Å². The normalized spacial score (nSPS) is 8.31. The van der Waals surface area contributed by atoms with E-state index in [9.17, 15) is 19.2 Å². The third-order valence-corrected chi connectivity index (χ3v) is 4.01. The van der Waals surface area contributed by atoms with Gasteiger partial charge in [0.05, 0.1) is 11.5 Å². The summed E-state index contributed by atoms with van der Waals surface area (Å²) in [5.41, 5.74) is 0. The fourth-order valence-corrected chi connectivity index (χ4v) is 2.01. The van der Waals surface area contributed by atoms with Gasteiger partial charge in [-0.05, 0) is 0 Å². The molecule has 0 aromatic carbocycles. The predicted molar refractivity (Wildman–Crippen MR) is 107 cm³/mol. The number of hydrogen-bond donors (Lipinski definition) is 8. The summed E-state index contributed by atoms with van der Waals surface area (Å²) in [6.07, 6.45) is 0. The Morgan fingerprint density at radius 2 is 0.923 bits per heavy atom. The summed E-state index contributed by atoms with van der Waals surface area (Å²) in [5.74, 6) is -4.36. The quantitative estimate of drug-likeness (QED) is 0.223. The third-order valence-electron chi connectivity index (χ3n) is 1.42. The van der Waals surface area contributed by atoms with Crippen LogP contribution in [0.3, 0.4) is 0 Å². The Morgan fingerprint density at radius 1 is 0.654 bits per heavy atom. The van der Waals surface area contributed by atoms with Gasteiger partial charge in [-0.25, -0.2) is 0 Å². The molecule has 0 bridgehead atoms. The lowest BCUT2D eigenvalue weighted by Gasteiger charge is -2.01. The van der Waals surface area contributed by atoms with Crippen LogP contribution in [0.4, 0.5) is 0 Å². The summed E-state index contributed by atoms with van der Waals surface area (Å²) in [4.78, 5) is 40.0. The molecule has 16 heteroatoms. The molecule has 152 valence electrons. The number of nitrogens with one attached hydrogen (secondary N) is 2. The topological polar surface area (TPSA) is 243 Å².